The third kappa shape index (κ3) is 54.1. The van der Waals surface area contributed by atoms with E-state index in [2.05, 4.69) is 173 Å². The van der Waals surface area contributed by atoms with Gasteiger partial charge in [0.05, 0.1) is 6.61 Å². The van der Waals surface area contributed by atoms with Crippen LogP contribution < -0.4 is 0 Å². The average molecular weight is 935 g/mol. The molecule has 0 aromatic carbocycles. The Morgan fingerprint density at radius 1 is 0.324 bits per heavy atom. The number of carbonyl (C=O) groups is 2. The number of rotatable bonds is 47. The molecular weight excluding hydrogens is 837 g/mol. The Kier molecular flexibility index (Phi) is 53.1. The standard InChI is InChI=1S/C63H98O5/c1-4-7-10-13-16-19-22-25-28-30-32-34-36-38-41-44-47-50-53-56-62(64)67-60-61(59-66-58-55-52-49-46-43-40-27-24-21-18-15-12-9-6-3)68-63(65)57-54-51-48-45-42-39-37-35-33-31-29-26-23-20-17-14-11-8-5-2/h7-12,16-21,25-29,32-35,38,40-41,47,50,61H,4-6,13-15,22-24,30-31,36-37,39,42-46,48-49,51-60H2,1-3H3/b10-7-,11-8-,12-9-,19-16-,20-17-,21-18-,28-25-,29-26-,34-32-,35-33-,40-27-,41-38-,50-47-. The van der Waals surface area contributed by atoms with E-state index in [0.29, 0.717) is 19.4 Å². The van der Waals surface area contributed by atoms with Gasteiger partial charge in [0.25, 0.3) is 0 Å². The molecule has 0 heterocycles. The second-order valence-electron chi connectivity index (χ2n) is 17.0. The van der Waals surface area contributed by atoms with Crippen LogP contribution in [0.1, 0.15) is 201 Å². The largest absolute Gasteiger partial charge is 0.462 e. The predicted molar refractivity (Wildman–Crippen MR) is 297 cm³/mol. The van der Waals surface area contributed by atoms with Crippen LogP contribution in [0.5, 0.6) is 0 Å². The van der Waals surface area contributed by atoms with Crippen molar-refractivity contribution in [3.8, 4) is 0 Å². The van der Waals surface area contributed by atoms with Gasteiger partial charge in [-0.25, -0.2) is 0 Å². The highest BCUT2D eigenvalue weighted by atomic mass is 16.6. The van der Waals surface area contributed by atoms with Crippen molar-refractivity contribution in [2.75, 3.05) is 19.8 Å². The molecule has 1 unspecified atom stereocenters. The van der Waals surface area contributed by atoms with Gasteiger partial charge < -0.3 is 14.2 Å². The summed E-state index contributed by atoms with van der Waals surface area (Å²) >= 11 is 0. The number of carbonyl (C=O) groups excluding carboxylic acids is 2. The Balaban J connectivity index is 4.48. The summed E-state index contributed by atoms with van der Waals surface area (Å²) in [5.41, 5.74) is 0. The fraction of sp³-hybridized carbons (Fsp3) is 0.556. The van der Waals surface area contributed by atoms with Gasteiger partial charge in [-0.2, -0.15) is 0 Å². The molecule has 0 bridgehead atoms. The lowest BCUT2D eigenvalue weighted by Gasteiger charge is -2.18. The highest BCUT2D eigenvalue weighted by Crippen LogP contribution is 2.12. The minimum Gasteiger partial charge on any atom is -0.462 e. The van der Waals surface area contributed by atoms with Gasteiger partial charge in [0.2, 0.25) is 0 Å². The Bertz CT molecular complexity index is 1520. The van der Waals surface area contributed by atoms with Crippen molar-refractivity contribution in [1.29, 1.82) is 0 Å². The number of hydrogen-bond acceptors (Lipinski definition) is 5. The van der Waals surface area contributed by atoms with Crippen LogP contribution in [0.25, 0.3) is 0 Å². The second kappa shape index (κ2) is 56.8. The van der Waals surface area contributed by atoms with Crippen LogP contribution in [-0.2, 0) is 23.8 Å². The quantitative estimate of drug-likeness (QED) is 0.0346. The van der Waals surface area contributed by atoms with E-state index in [9.17, 15) is 9.59 Å². The molecule has 1 atom stereocenters. The molecule has 0 spiro atoms. The molecule has 5 nitrogen and oxygen atoms in total. The zero-order valence-corrected chi connectivity index (χ0v) is 43.6. The summed E-state index contributed by atoms with van der Waals surface area (Å²) in [5.74, 6) is -0.536. The maximum absolute atomic E-state index is 12.8. The van der Waals surface area contributed by atoms with E-state index in [1.54, 1.807) is 0 Å². The first-order valence-electron chi connectivity index (χ1n) is 27.0. The lowest BCUT2D eigenvalue weighted by atomic mass is 10.1. The van der Waals surface area contributed by atoms with Crippen molar-refractivity contribution in [2.45, 2.75) is 207 Å². The van der Waals surface area contributed by atoms with Crippen molar-refractivity contribution < 1.29 is 23.8 Å². The molecule has 0 aromatic heterocycles. The first kappa shape index (κ1) is 63.5. The molecule has 0 amide bonds. The van der Waals surface area contributed by atoms with E-state index in [1.165, 1.54) is 25.7 Å². The molecule has 0 saturated heterocycles. The zero-order valence-electron chi connectivity index (χ0n) is 43.6. The van der Waals surface area contributed by atoms with Gasteiger partial charge in [-0.3, -0.25) is 9.59 Å². The van der Waals surface area contributed by atoms with Gasteiger partial charge in [-0.15, -0.1) is 0 Å². The van der Waals surface area contributed by atoms with Gasteiger partial charge in [0, 0.05) is 19.4 Å². The molecule has 68 heavy (non-hydrogen) atoms. The number of esters is 2. The fourth-order valence-corrected chi connectivity index (χ4v) is 6.66. The number of allylic oxidation sites excluding steroid dienone is 26. The number of ether oxygens (including phenoxy) is 3. The minimum atomic E-state index is -0.599. The van der Waals surface area contributed by atoms with E-state index in [-0.39, 0.29) is 31.6 Å². The molecule has 0 aliphatic heterocycles. The SMILES string of the molecule is CC/C=C\C/C=C\C/C=C\C/C=C\C/C=C\C/C=C\CCC(=O)OCC(COCCCCCC/C=C\C/C=C\C/C=C\CC)OC(=O)CCCCCCCC/C=C\C/C=C\C/C=C\C/C=C\CC. The van der Waals surface area contributed by atoms with Crippen molar-refractivity contribution >= 4 is 11.9 Å². The molecule has 0 N–H and O–H groups in total. The molecule has 0 aliphatic rings. The molecule has 0 radical (unpaired) electrons. The van der Waals surface area contributed by atoms with Crippen LogP contribution in [0.3, 0.4) is 0 Å². The van der Waals surface area contributed by atoms with E-state index in [1.807, 2.05) is 6.08 Å². The lowest BCUT2D eigenvalue weighted by molar-refractivity contribution is -0.162. The van der Waals surface area contributed by atoms with Crippen LogP contribution in [0.4, 0.5) is 0 Å². The van der Waals surface area contributed by atoms with Crippen molar-refractivity contribution in [2.24, 2.45) is 0 Å². The molecule has 0 fully saturated rings. The van der Waals surface area contributed by atoms with Crippen LogP contribution in [0.15, 0.2) is 158 Å². The topological polar surface area (TPSA) is 61.8 Å². The molecule has 5 heteroatoms. The van der Waals surface area contributed by atoms with Crippen LogP contribution in [-0.4, -0.2) is 37.9 Å². The summed E-state index contributed by atoms with van der Waals surface area (Å²) in [5, 5.41) is 0. The summed E-state index contributed by atoms with van der Waals surface area (Å²) in [6.45, 7) is 7.32. The summed E-state index contributed by atoms with van der Waals surface area (Å²) in [4.78, 5) is 25.5. The zero-order chi connectivity index (χ0) is 49.2. The number of unbranched alkanes of at least 4 members (excludes halogenated alkanes) is 10. The molecule has 0 aliphatic carbocycles. The Morgan fingerprint density at radius 2 is 0.647 bits per heavy atom. The fourth-order valence-electron chi connectivity index (χ4n) is 6.66. The summed E-state index contributed by atoms with van der Waals surface area (Å²) in [6.07, 6.45) is 84.1. The maximum atomic E-state index is 12.8. The van der Waals surface area contributed by atoms with Crippen LogP contribution in [0, 0.1) is 0 Å². The van der Waals surface area contributed by atoms with E-state index >= 15 is 0 Å². The first-order chi connectivity index (χ1) is 33.6. The first-order valence-corrected chi connectivity index (χ1v) is 27.0. The van der Waals surface area contributed by atoms with Crippen molar-refractivity contribution in [3.05, 3.63) is 158 Å². The molecule has 0 rings (SSSR count). The monoisotopic (exact) mass is 935 g/mol. The third-order valence-electron chi connectivity index (χ3n) is 10.6. The summed E-state index contributed by atoms with van der Waals surface area (Å²) < 4.78 is 17.3. The number of hydrogen-bond donors (Lipinski definition) is 0. The predicted octanol–water partition coefficient (Wildman–Crippen LogP) is 18.7. The maximum Gasteiger partial charge on any atom is 0.306 e. The van der Waals surface area contributed by atoms with Gasteiger partial charge in [0.15, 0.2) is 6.10 Å². The minimum absolute atomic E-state index is 0.0184. The molecule has 0 aromatic rings. The third-order valence-corrected chi connectivity index (χ3v) is 10.6. The summed E-state index contributed by atoms with van der Waals surface area (Å²) in [6, 6.07) is 0. The van der Waals surface area contributed by atoms with Gasteiger partial charge >= 0.3 is 11.9 Å². The Labute approximate surface area is 418 Å². The normalized spacial score (nSPS) is 13.5. The summed E-state index contributed by atoms with van der Waals surface area (Å²) in [7, 11) is 0. The Hall–Kier alpha value is -4.48. The van der Waals surface area contributed by atoms with Gasteiger partial charge in [-0.1, -0.05) is 217 Å². The van der Waals surface area contributed by atoms with Gasteiger partial charge in [0.1, 0.15) is 6.61 Å². The van der Waals surface area contributed by atoms with Crippen LogP contribution in [0.2, 0.25) is 0 Å². The molecule has 0 saturated carbocycles. The smallest absolute Gasteiger partial charge is 0.306 e. The van der Waals surface area contributed by atoms with E-state index in [0.717, 1.165) is 135 Å². The molecular formula is C63H98O5. The highest BCUT2D eigenvalue weighted by molar-refractivity contribution is 5.70. The lowest BCUT2D eigenvalue weighted by Crippen LogP contribution is -2.30. The Morgan fingerprint density at radius 3 is 1.04 bits per heavy atom. The highest BCUT2D eigenvalue weighted by Gasteiger charge is 2.17. The average Bonchev–Trinajstić information content (AvgIpc) is 3.34. The van der Waals surface area contributed by atoms with Crippen LogP contribution >= 0.6 is 0 Å². The van der Waals surface area contributed by atoms with Crippen molar-refractivity contribution in [1.82, 2.24) is 0 Å². The second-order valence-corrected chi connectivity index (χ2v) is 17.0. The van der Waals surface area contributed by atoms with Gasteiger partial charge in [-0.05, 0) is 128 Å². The van der Waals surface area contributed by atoms with E-state index < -0.39 is 6.10 Å². The van der Waals surface area contributed by atoms with E-state index in [4.69, 9.17) is 14.2 Å². The van der Waals surface area contributed by atoms with Crippen molar-refractivity contribution in [3.63, 3.8) is 0 Å². The molecule has 380 valence electrons.